The van der Waals surface area contributed by atoms with Gasteiger partial charge in [-0.25, -0.2) is 18.7 Å². The minimum absolute atomic E-state index is 0.0675. The van der Waals surface area contributed by atoms with Gasteiger partial charge < -0.3 is 20.4 Å². The van der Waals surface area contributed by atoms with Gasteiger partial charge in [0.2, 0.25) is 5.95 Å². The van der Waals surface area contributed by atoms with Gasteiger partial charge in [-0.3, -0.25) is 10.1 Å². The van der Waals surface area contributed by atoms with E-state index < -0.39 is 6.43 Å². The Morgan fingerprint density at radius 2 is 2.03 bits per heavy atom. The third kappa shape index (κ3) is 4.31. The Morgan fingerprint density at radius 3 is 2.64 bits per heavy atom. The van der Waals surface area contributed by atoms with Gasteiger partial charge in [-0.2, -0.15) is 10.1 Å². The largest absolute Gasteiger partial charge is 0.451 e. The molecule has 0 saturated carbocycles. The second-order valence-corrected chi connectivity index (χ2v) is 8.27. The number of aromatic amines is 1. The van der Waals surface area contributed by atoms with Gasteiger partial charge in [0.05, 0.1) is 18.0 Å². The van der Waals surface area contributed by atoms with Gasteiger partial charge in [0.15, 0.2) is 23.0 Å². The third-order valence-electron chi connectivity index (χ3n) is 4.93. The molecule has 10 nitrogen and oxygen atoms in total. The number of hydrogen-bond acceptors (Lipinski definition) is 8. The van der Waals surface area contributed by atoms with Crippen LogP contribution >= 0.6 is 0 Å². The van der Waals surface area contributed by atoms with E-state index in [1.165, 1.54) is 29.4 Å². The highest BCUT2D eigenvalue weighted by Crippen LogP contribution is 2.37. The summed E-state index contributed by atoms with van der Waals surface area (Å²) < 4.78 is 35.6. The van der Waals surface area contributed by atoms with Crippen LogP contribution in [0.25, 0.3) is 16.9 Å². The van der Waals surface area contributed by atoms with Crippen LogP contribution < -0.4 is 15.8 Å². The lowest BCUT2D eigenvalue weighted by molar-refractivity contribution is 0.149. The zero-order chi connectivity index (χ0) is 23.8. The van der Waals surface area contributed by atoms with Crippen molar-refractivity contribution in [1.82, 2.24) is 34.7 Å². The monoisotopic (exact) mass is 455 g/mol. The lowest BCUT2D eigenvalue weighted by atomic mass is 9.92. The fraction of sp³-hybridized carbons (Fsp3) is 0.286. The first kappa shape index (κ1) is 22.1. The van der Waals surface area contributed by atoms with E-state index >= 15 is 0 Å². The molecule has 4 aromatic heterocycles. The number of nitrogens with two attached hydrogens (primary N) is 1. The topological polar surface area (TPSA) is 132 Å². The number of H-pyrrole nitrogens is 1. The number of aryl methyl sites for hydroxylation is 1. The second-order valence-electron chi connectivity index (χ2n) is 8.27. The minimum atomic E-state index is -2.87. The maximum atomic E-state index is 14.2. The summed E-state index contributed by atoms with van der Waals surface area (Å²) in [4.78, 5) is 16.6. The van der Waals surface area contributed by atoms with Crippen molar-refractivity contribution < 1.29 is 13.5 Å². The Labute approximate surface area is 187 Å². The van der Waals surface area contributed by atoms with Crippen molar-refractivity contribution in [2.24, 2.45) is 12.8 Å². The average Bonchev–Trinajstić information content (AvgIpc) is 3.37. The number of hydrogen-bond donors (Lipinski definition) is 3. The molecule has 0 aliphatic carbocycles. The van der Waals surface area contributed by atoms with Crippen LogP contribution in [-0.4, -0.2) is 34.7 Å². The highest BCUT2D eigenvalue weighted by atomic mass is 19.3. The summed E-state index contributed by atoms with van der Waals surface area (Å²) >= 11 is 0. The highest BCUT2D eigenvalue weighted by molar-refractivity contribution is 5.82. The molecule has 0 aliphatic rings. The number of anilines is 2. The predicted molar refractivity (Wildman–Crippen MR) is 119 cm³/mol. The zero-order valence-electron chi connectivity index (χ0n) is 18.5. The summed E-state index contributed by atoms with van der Waals surface area (Å²) in [7, 11) is 1.61. The van der Waals surface area contributed by atoms with Gasteiger partial charge in [0.25, 0.3) is 6.43 Å². The van der Waals surface area contributed by atoms with Crippen molar-refractivity contribution in [1.29, 1.82) is 0 Å². The van der Waals surface area contributed by atoms with Crippen LogP contribution in [0, 0.1) is 0 Å². The van der Waals surface area contributed by atoms with Gasteiger partial charge >= 0.3 is 0 Å². The summed E-state index contributed by atoms with van der Waals surface area (Å²) in [6, 6.07) is 1.84. The van der Waals surface area contributed by atoms with Crippen LogP contribution in [0.2, 0.25) is 0 Å². The zero-order valence-corrected chi connectivity index (χ0v) is 18.5. The summed E-state index contributed by atoms with van der Waals surface area (Å²) in [6.45, 7) is 6.14. The van der Waals surface area contributed by atoms with E-state index in [0.717, 1.165) is 11.9 Å². The van der Waals surface area contributed by atoms with Crippen molar-refractivity contribution >= 4 is 28.7 Å². The van der Waals surface area contributed by atoms with Crippen LogP contribution in [0.4, 0.5) is 20.5 Å². The second kappa shape index (κ2) is 8.45. The predicted octanol–water partition coefficient (Wildman–Crippen LogP) is 3.80. The SMILES string of the molecule is Cn1c(Nc2cc(C(C)(C)C)[nH]n2)nc2ncc(OC(=CN)c3cnccn3)c(C(F)F)c21. The van der Waals surface area contributed by atoms with E-state index in [-0.39, 0.29) is 33.7 Å². The van der Waals surface area contributed by atoms with E-state index in [1.807, 2.05) is 26.8 Å². The van der Waals surface area contributed by atoms with E-state index in [0.29, 0.717) is 17.5 Å². The molecule has 12 heteroatoms. The number of nitrogens with one attached hydrogen (secondary N) is 2. The van der Waals surface area contributed by atoms with E-state index in [2.05, 4.69) is 35.5 Å². The number of rotatable bonds is 6. The normalized spacial score (nSPS) is 12.5. The summed E-state index contributed by atoms with van der Waals surface area (Å²) in [5, 5.41) is 10.3. The maximum absolute atomic E-state index is 14.2. The first-order valence-electron chi connectivity index (χ1n) is 10.0. The molecule has 0 atom stereocenters. The molecule has 0 saturated heterocycles. The smallest absolute Gasteiger partial charge is 0.269 e. The van der Waals surface area contributed by atoms with Crippen molar-refractivity contribution in [3.05, 3.63) is 54.0 Å². The average molecular weight is 455 g/mol. The lowest BCUT2D eigenvalue weighted by Crippen LogP contribution is -2.11. The number of nitrogens with zero attached hydrogens (tertiary/aromatic N) is 6. The van der Waals surface area contributed by atoms with Gasteiger partial charge in [-0.1, -0.05) is 20.8 Å². The Bertz CT molecular complexity index is 1310. The van der Waals surface area contributed by atoms with E-state index in [4.69, 9.17) is 10.5 Å². The van der Waals surface area contributed by atoms with Crippen LogP contribution in [0.15, 0.2) is 37.1 Å². The molecule has 4 heterocycles. The first-order chi connectivity index (χ1) is 15.7. The number of pyridine rings is 1. The minimum Gasteiger partial charge on any atom is -0.451 e. The Hall–Kier alpha value is -4.09. The molecular formula is C21H23F2N9O. The van der Waals surface area contributed by atoms with Gasteiger partial charge in [-0.05, 0) is 0 Å². The van der Waals surface area contributed by atoms with E-state index in [1.54, 1.807) is 7.05 Å². The molecule has 172 valence electrons. The third-order valence-corrected chi connectivity index (χ3v) is 4.93. The van der Waals surface area contributed by atoms with Crippen molar-refractivity contribution in [2.75, 3.05) is 5.32 Å². The fourth-order valence-electron chi connectivity index (χ4n) is 3.19. The van der Waals surface area contributed by atoms with Crippen molar-refractivity contribution in [3.8, 4) is 5.75 Å². The Balaban J connectivity index is 1.73. The van der Waals surface area contributed by atoms with Crippen LogP contribution in [0.3, 0.4) is 0 Å². The van der Waals surface area contributed by atoms with Gasteiger partial charge in [0.1, 0.15) is 11.2 Å². The standard InChI is InChI=1S/C21H23F2N9O/c1-21(2,3)14-7-15(31-30-14)28-20-29-19-17(32(20)4)16(18(22)23)13(10-27-19)33-12(8-24)11-9-25-5-6-26-11/h5-10,18H,24H2,1-4H3,(H2,27,28,29,30,31). The number of fused-ring (bicyclic) bond motifs is 1. The fourth-order valence-corrected chi connectivity index (χ4v) is 3.19. The van der Waals surface area contributed by atoms with Crippen LogP contribution in [0.1, 0.15) is 44.1 Å². The number of ether oxygens (including phenoxy) is 1. The molecule has 0 radical (unpaired) electrons. The molecule has 0 aliphatic heterocycles. The number of halogens is 2. The van der Waals surface area contributed by atoms with Crippen LogP contribution in [0.5, 0.6) is 5.75 Å². The summed E-state index contributed by atoms with van der Waals surface area (Å²) in [5.74, 6) is 0.707. The van der Waals surface area contributed by atoms with Crippen LogP contribution in [-0.2, 0) is 12.5 Å². The number of imidazole rings is 1. The van der Waals surface area contributed by atoms with E-state index in [9.17, 15) is 8.78 Å². The maximum Gasteiger partial charge on any atom is 0.269 e. The molecule has 0 bridgehead atoms. The molecule has 4 aromatic rings. The van der Waals surface area contributed by atoms with Crippen molar-refractivity contribution in [3.63, 3.8) is 0 Å². The molecule has 0 unspecified atom stereocenters. The van der Waals surface area contributed by atoms with Gasteiger partial charge in [0, 0.05) is 42.8 Å². The van der Waals surface area contributed by atoms with Gasteiger partial charge in [-0.15, -0.1) is 0 Å². The quantitative estimate of drug-likeness (QED) is 0.374. The molecule has 0 spiro atoms. The molecule has 0 amide bonds. The number of aromatic nitrogens is 7. The Kier molecular flexibility index (Phi) is 5.66. The molecule has 0 fully saturated rings. The molecule has 4 N–H and O–H groups in total. The lowest BCUT2D eigenvalue weighted by Gasteiger charge is -2.14. The molecular weight excluding hydrogens is 432 g/mol. The Morgan fingerprint density at radius 1 is 1.24 bits per heavy atom. The number of alkyl halides is 2. The summed E-state index contributed by atoms with van der Waals surface area (Å²) in [5.41, 5.74) is 6.60. The first-order valence-corrected chi connectivity index (χ1v) is 10.0. The summed E-state index contributed by atoms with van der Waals surface area (Å²) in [6.07, 6.45) is 3.78. The molecule has 0 aromatic carbocycles. The molecule has 4 rings (SSSR count). The highest BCUT2D eigenvalue weighted by Gasteiger charge is 2.26. The van der Waals surface area contributed by atoms with Crippen molar-refractivity contribution in [2.45, 2.75) is 32.6 Å². The molecule has 33 heavy (non-hydrogen) atoms.